The van der Waals surface area contributed by atoms with Crippen LogP contribution in [0.25, 0.3) is 22.8 Å². The zero-order valence-corrected chi connectivity index (χ0v) is 20.4. The van der Waals surface area contributed by atoms with E-state index in [0.717, 1.165) is 60.9 Å². The van der Waals surface area contributed by atoms with Gasteiger partial charge in [0.2, 0.25) is 23.5 Å². The predicted octanol–water partition coefficient (Wildman–Crippen LogP) is 4.46. The van der Waals surface area contributed by atoms with E-state index in [2.05, 4.69) is 36.8 Å². The summed E-state index contributed by atoms with van der Waals surface area (Å²) in [5.74, 6) is 2.99. The fourth-order valence-electron chi connectivity index (χ4n) is 4.43. The molecule has 0 aliphatic carbocycles. The molecule has 4 heterocycles. The molecule has 5 rings (SSSR count). The van der Waals surface area contributed by atoms with E-state index in [9.17, 15) is 0 Å². The number of hydrogen-bond acceptors (Lipinski definition) is 9. The minimum atomic E-state index is 0.404. The first-order valence-corrected chi connectivity index (χ1v) is 12.4. The number of imidazole rings is 1. The highest BCUT2D eigenvalue weighted by atomic mass is 16.5. The highest BCUT2D eigenvalue weighted by Crippen LogP contribution is 2.25. The number of ether oxygens (including phenoxy) is 1. The third kappa shape index (κ3) is 5.43. The molecule has 0 radical (unpaired) electrons. The lowest BCUT2D eigenvalue weighted by molar-refractivity contribution is 0.223. The van der Waals surface area contributed by atoms with Gasteiger partial charge < -0.3 is 19.5 Å². The third-order valence-electron chi connectivity index (χ3n) is 6.27. The van der Waals surface area contributed by atoms with Crippen LogP contribution in [0.4, 0.5) is 11.6 Å². The summed E-state index contributed by atoms with van der Waals surface area (Å²) >= 11 is 0. The second-order valence-electron chi connectivity index (χ2n) is 8.86. The van der Waals surface area contributed by atoms with Crippen LogP contribution in [0.5, 0.6) is 5.75 Å². The normalized spacial score (nSPS) is 14.5. The Morgan fingerprint density at radius 3 is 2.60 bits per heavy atom. The summed E-state index contributed by atoms with van der Waals surface area (Å²) in [6, 6.07) is 7.80. The fourth-order valence-corrected chi connectivity index (χ4v) is 4.43. The molecule has 1 aliphatic heterocycles. The van der Waals surface area contributed by atoms with Crippen molar-refractivity contribution in [1.82, 2.24) is 34.6 Å². The molecule has 1 aromatic carbocycles. The van der Waals surface area contributed by atoms with Crippen molar-refractivity contribution in [1.29, 1.82) is 0 Å². The monoisotopic (exact) mass is 476 g/mol. The van der Waals surface area contributed by atoms with Crippen LogP contribution in [0.3, 0.4) is 0 Å². The average molecular weight is 477 g/mol. The molecule has 1 aliphatic rings. The van der Waals surface area contributed by atoms with Gasteiger partial charge in [-0.05, 0) is 69.6 Å². The van der Waals surface area contributed by atoms with Crippen LogP contribution in [0.1, 0.15) is 44.9 Å². The van der Waals surface area contributed by atoms with Gasteiger partial charge in [-0.2, -0.15) is 4.98 Å². The molecule has 184 valence electrons. The molecule has 0 bridgehead atoms. The molecule has 10 heteroatoms. The van der Waals surface area contributed by atoms with Gasteiger partial charge in [-0.25, -0.2) is 15.0 Å². The van der Waals surface area contributed by atoms with Crippen LogP contribution in [-0.2, 0) is 13.0 Å². The number of piperidine rings is 1. The molecule has 0 saturated carbocycles. The standard InChI is InChI=1S/C25H32N8O2/c1-3-8-21-29-23(31-35-21)22-26-17-20-24(30-22)33(16-7-15-32-13-5-4-6-14-32)25(28-20)27-18-9-11-19(34-2)12-10-18/h9-12,17H,3-8,13-16H2,1-2H3,(H,27,28). The number of methoxy groups -OCH3 is 1. The minimum absolute atomic E-state index is 0.404. The van der Waals surface area contributed by atoms with Crippen LogP contribution < -0.4 is 10.1 Å². The number of rotatable bonds is 10. The molecule has 10 nitrogen and oxygen atoms in total. The molecule has 0 atom stereocenters. The Bertz CT molecular complexity index is 1240. The zero-order valence-electron chi connectivity index (χ0n) is 20.4. The largest absolute Gasteiger partial charge is 0.497 e. The smallest absolute Gasteiger partial charge is 0.240 e. The van der Waals surface area contributed by atoms with Gasteiger partial charge in [0.25, 0.3) is 0 Å². The molecule has 0 spiro atoms. The van der Waals surface area contributed by atoms with Gasteiger partial charge in [-0.1, -0.05) is 18.5 Å². The molecular formula is C25H32N8O2. The minimum Gasteiger partial charge on any atom is -0.497 e. The van der Waals surface area contributed by atoms with Gasteiger partial charge in [0, 0.05) is 18.7 Å². The Labute approximate surface area is 204 Å². The number of aryl methyl sites for hydroxylation is 2. The van der Waals surface area contributed by atoms with Gasteiger partial charge in [0.15, 0.2) is 5.65 Å². The van der Waals surface area contributed by atoms with E-state index in [4.69, 9.17) is 19.2 Å². The maximum atomic E-state index is 5.35. The number of nitrogens with one attached hydrogen (secondary N) is 1. The first-order chi connectivity index (χ1) is 17.2. The Kier molecular flexibility index (Phi) is 7.17. The molecule has 3 aromatic heterocycles. The van der Waals surface area contributed by atoms with Crippen LogP contribution in [0.2, 0.25) is 0 Å². The maximum Gasteiger partial charge on any atom is 0.240 e. The van der Waals surface area contributed by atoms with E-state index in [0.29, 0.717) is 17.5 Å². The second-order valence-corrected chi connectivity index (χ2v) is 8.86. The van der Waals surface area contributed by atoms with E-state index in [1.165, 1.54) is 32.4 Å². The van der Waals surface area contributed by atoms with Crippen LogP contribution in [0, 0.1) is 0 Å². The second kappa shape index (κ2) is 10.8. The predicted molar refractivity (Wildman–Crippen MR) is 134 cm³/mol. The summed E-state index contributed by atoms with van der Waals surface area (Å²) in [5.41, 5.74) is 2.40. The van der Waals surface area contributed by atoms with Crippen LogP contribution in [0.15, 0.2) is 35.0 Å². The molecule has 4 aromatic rings. The number of hydrogen-bond donors (Lipinski definition) is 1. The first-order valence-electron chi connectivity index (χ1n) is 12.4. The maximum absolute atomic E-state index is 5.35. The van der Waals surface area contributed by atoms with Crippen molar-refractivity contribution >= 4 is 22.8 Å². The van der Waals surface area contributed by atoms with Gasteiger partial charge in [-0.15, -0.1) is 0 Å². The number of anilines is 2. The molecular weight excluding hydrogens is 444 g/mol. The summed E-state index contributed by atoms with van der Waals surface area (Å²) in [7, 11) is 1.66. The highest BCUT2D eigenvalue weighted by molar-refractivity contribution is 5.76. The Morgan fingerprint density at radius 2 is 1.83 bits per heavy atom. The SMILES string of the molecule is CCCc1nc(-c2ncc3nc(Nc4ccc(OC)cc4)n(CCCN4CCCCC4)c3n2)no1. The summed E-state index contributed by atoms with van der Waals surface area (Å²) < 4.78 is 12.8. The van der Waals surface area contributed by atoms with E-state index in [1.54, 1.807) is 13.3 Å². The quantitative estimate of drug-likeness (QED) is 0.355. The number of nitrogens with zero attached hydrogens (tertiary/aromatic N) is 7. The Balaban J connectivity index is 1.43. The van der Waals surface area contributed by atoms with Gasteiger partial charge in [0.1, 0.15) is 11.3 Å². The van der Waals surface area contributed by atoms with Gasteiger partial charge in [-0.3, -0.25) is 4.57 Å². The fraction of sp³-hybridized carbons (Fsp3) is 0.480. The van der Waals surface area contributed by atoms with Crippen molar-refractivity contribution in [2.75, 3.05) is 32.1 Å². The van der Waals surface area contributed by atoms with Crippen molar-refractivity contribution in [2.24, 2.45) is 0 Å². The van der Waals surface area contributed by atoms with E-state index in [1.807, 2.05) is 24.3 Å². The molecule has 1 fully saturated rings. The van der Waals surface area contributed by atoms with Crippen LogP contribution >= 0.6 is 0 Å². The summed E-state index contributed by atoms with van der Waals surface area (Å²) in [5, 5.41) is 7.53. The summed E-state index contributed by atoms with van der Waals surface area (Å²) in [4.78, 5) is 21.1. The van der Waals surface area contributed by atoms with Crippen molar-refractivity contribution in [3.63, 3.8) is 0 Å². The topological polar surface area (TPSA) is 107 Å². The third-order valence-corrected chi connectivity index (χ3v) is 6.27. The lowest BCUT2D eigenvalue weighted by Crippen LogP contribution is -2.31. The molecule has 1 N–H and O–H groups in total. The average Bonchev–Trinajstić information content (AvgIpc) is 3.50. The van der Waals surface area contributed by atoms with Crippen molar-refractivity contribution in [3.05, 3.63) is 36.4 Å². The number of fused-ring (bicyclic) bond motifs is 1. The van der Waals surface area contributed by atoms with E-state index in [-0.39, 0.29) is 0 Å². The Hall–Kier alpha value is -3.53. The lowest BCUT2D eigenvalue weighted by atomic mass is 10.1. The van der Waals surface area contributed by atoms with E-state index >= 15 is 0 Å². The zero-order chi connectivity index (χ0) is 24.0. The van der Waals surface area contributed by atoms with Gasteiger partial charge >= 0.3 is 0 Å². The lowest BCUT2D eigenvalue weighted by Gasteiger charge is -2.26. The number of benzene rings is 1. The molecule has 35 heavy (non-hydrogen) atoms. The number of aromatic nitrogens is 6. The first kappa shape index (κ1) is 23.2. The van der Waals surface area contributed by atoms with E-state index < -0.39 is 0 Å². The molecule has 1 saturated heterocycles. The number of likely N-dealkylation sites (tertiary alicyclic amines) is 1. The summed E-state index contributed by atoms with van der Waals surface area (Å²) in [6.07, 6.45) is 8.33. The highest BCUT2D eigenvalue weighted by Gasteiger charge is 2.18. The molecule has 0 amide bonds. The van der Waals surface area contributed by atoms with Crippen LogP contribution in [-0.4, -0.2) is 61.3 Å². The summed E-state index contributed by atoms with van der Waals surface area (Å²) in [6.45, 7) is 6.30. The van der Waals surface area contributed by atoms with Crippen molar-refractivity contribution < 1.29 is 9.26 Å². The Morgan fingerprint density at radius 1 is 1.00 bits per heavy atom. The molecule has 0 unspecified atom stereocenters. The van der Waals surface area contributed by atoms with Crippen molar-refractivity contribution in [2.45, 2.75) is 52.0 Å². The van der Waals surface area contributed by atoms with Gasteiger partial charge in [0.05, 0.1) is 13.3 Å². The van der Waals surface area contributed by atoms with Crippen molar-refractivity contribution in [3.8, 4) is 17.4 Å².